The molecule has 1 radical (unpaired) electrons. The van der Waals surface area contributed by atoms with Crippen molar-refractivity contribution in [2.45, 2.75) is 15.8 Å². The minimum atomic E-state index is -1.36. The monoisotopic (exact) mass is 510 g/mol. The van der Waals surface area contributed by atoms with Gasteiger partial charge < -0.3 is 15.6 Å². The Bertz CT molecular complexity index is 932. The number of rotatable bonds is 4. The Hall–Kier alpha value is -0.906. The number of pyridine rings is 1. The molecule has 0 spiro atoms. The minimum Gasteiger partial charge on any atom is -0.543 e. The van der Waals surface area contributed by atoms with Gasteiger partial charge in [-0.25, -0.2) is 9.55 Å². The number of amides is 1. The smallest absolute Gasteiger partial charge is 0.248 e. The van der Waals surface area contributed by atoms with Gasteiger partial charge in [-0.3, -0.25) is 9.69 Å². The second kappa shape index (κ2) is 9.27. The topological polar surface area (TPSA) is 103 Å². The molecule has 1 amide bonds. The molecule has 0 unspecified atom stereocenters. The van der Waals surface area contributed by atoms with Crippen molar-refractivity contribution in [3.8, 4) is 11.3 Å². The van der Waals surface area contributed by atoms with Crippen molar-refractivity contribution < 1.29 is 52.0 Å². The Morgan fingerprint density at radius 3 is 2.75 bits per heavy atom. The van der Waals surface area contributed by atoms with Gasteiger partial charge in [0, 0.05) is 73.9 Å². The van der Waals surface area contributed by atoms with Gasteiger partial charge in [0.25, 0.3) is 0 Å². The quantitative estimate of drug-likeness (QED) is 0.361. The first kappa shape index (κ1) is 23.4. The number of aromatic nitrogens is 2. The third-order valence-corrected chi connectivity index (χ3v) is 7.64. The van der Waals surface area contributed by atoms with Crippen LogP contribution in [0, 0.1) is 7.43 Å². The van der Waals surface area contributed by atoms with E-state index in [0.29, 0.717) is 10.7 Å². The van der Waals surface area contributed by atoms with Gasteiger partial charge in [-0.2, -0.15) is 0 Å². The van der Waals surface area contributed by atoms with Crippen molar-refractivity contribution in [3.63, 3.8) is 0 Å². The molecule has 0 aliphatic carbocycles. The molecule has 2 aromatic heterocycles. The standard InChI is InChI=1S/C16H14N4O3S3.CH3.Y/c1-19-4-2-8(3-5-19)9-6-25-16(18-9)26-10-7-24-14-11(17)13(21)20(14)12(10)15(22)23;;/h2-6,11,14H,7,17H2,1H3;1H3;/q;+1;/t11-,14-;;/m1../s1. The molecule has 2 atom stereocenters. The Balaban J connectivity index is 0.00000140. The Morgan fingerprint density at radius 1 is 1.43 bits per heavy atom. The summed E-state index contributed by atoms with van der Waals surface area (Å²) < 4.78 is 2.66. The number of aryl methyl sites for hydroxylation is 1. The number of nitrogens with two attached hydrogens (primary N) is 1. The van der Waals surface area contributed by atoms with Gasteiger partial charge in [0.05, 0.1) is 17.4 Å². The summed E-state index contributed by atoms with van der Waals surface area (Å²) in [5.74, 6) is -1.27. The first-order valence-electron chi connectivity index (χ1n) is 7.69. The average Bonchev–Trinajstić information content (AvgIpc) is 3.09. The van der Waals surface area contributed by atoms with E-state index in [4.69, 9.17) is 5.73 Å². The van der Waals surface area contributed by atoms with Gasteiger partial charge in [-0.15, -0.1) is 23.1 Å². The third kappa shape index (κ3) is 4.17. The van der Waals surface area contributed by atoms with E-state index in [1.54, 1.807) is 0 Å². The molecule has 28 heavy (non-hydrogen) atoms. The van der Waals surface area contributed by atoms with E-state index >= 15 is 0 Å². The van der Waals surface area contributed by atoms with E-state index in [9.17, 15) is 14.7 Å². The third-order valence-electron chi connectivity index (χ3n) is 4.14. The van der Waals surface area contributed by atoms with Crippen LogP contribution in [0.1, 0.15) is 0 Å². The number of carboxylic acid groups (broad SMARTS) is 1. The summed E-state index contributed by atoms with van der Waals surface area (Å²) in [5, 5.41) is 13.2. The summed E-state index contributed by atoms with van der Waals surface area (Å²) in [6, 6.07) is 3.29. The predicted molar refractivity (Wildman–Crippen MR) is 104 cm³/mol. The van der Waals surface area contributed by atoms with Gasteiger partial charge in [-0.1, -0.05) is 11.8 Å². The van der Waals surface area contributed by atoms with E-state index in [0.717, 1.165) is 15.6 Å². The predicted octanol–water partition coefficient (Wildman–Crippen LogP) is 0.378. The van der Waals surface area contributed by atoms with Crippen LogP contribution in [0.2, 0.25) is 0 Å². The van der Waals surface area contributed by atoms with Crippen LogP contribution >= 0.6 is 34.9 Å². The van der Waals surface area contributed by atoms with E-state index < -0.39 is 12.0 Å². The molecule has 4 rings (SSSR count). The van der Waals surface area contributed by atoms with Crippen LogP contribution in [0.25, 0.3) is 11.3 Å². The van der Waals surface area contributed by atoms with Crippen LogP contribution in [0.15, 0.2) is 44.8 Å². The molecular weight excluding hydrogens is 493 g/mol. The molecular formula is C17H17N4O3S3Y+. The van der Waals surface area contributed by atoms with Crippen molar-refractivity contribution >= 4 is 46.7 Å². The molecule has 143 valence electrons. The number of carboxylic acids is 1. The second-order valence-electron chi connectivity index (χ2n) is 5.85. The average molecular weight is 510 g/mol. The van der Waals surface area contributed by atoms with Crippen molar-refractivity contribution in [1.29, 1.82) is 0 Å². The molecule has 2 aliphatic heterocycles. The van der Waals surface area contributed by atoms with Crippen LogP contribution in [0.3, 0.4) is 0 Å². The van der Waals surface area contributed by atoms with Crippen LogP contribution in [-0.2, 0) is 49.3 Å². The summed E-state index contributed by atoms with van der Waals surface area (Å²) in [6.45, 7) is 0. The zero-order valence-electron chi connectivity index (χ0n) is 15.2. The van der Waals surface area contributed by atoms with Crippen molar-refractivity contribution in [3.05, 3.63) is 47.9 Å². The number of carbonyl (C=O) groups is 2. The number of thioether (sulfide) groups is 2. The molecule has 2 aliphatic rings. The van der Waals surface area contributed by atoms with Crippen molar-refractivity contribution in [1.82, 2.24) is 9.88 Å². The van der Waals surface area contributed by atoms with Gasteiger partial charge in [0.2, 0.25) is 5.91 Å². The minimum absolute atomic E-state index is 0. The van der Waals surface area contributed by atoms with Crippen LogP contribution < -0.4 is 15.4 Å². The van der Waals surface area contributed by atoms with Crippen LogP contribution in [0.5, 0.6) is 0 Å². The maximum atomic E-state index is 12.0. The first-order valence-corrected chi connectivity index (χ1v) is 10.4. The summed E-state index contributed by atoms with van der Waals surface area (Å²) >= 11 is 4.17. The fourth-order valence-corrected chi connectivity index (χ4v) is 6.17. The molecule has 1 fully saturated rings. The summed E-state index contributed by atoms with van der Waals surface area (Å²) in [5.41, 5.74) is 7.49. The summed E-state index contributed by atoms with van der Waals surface area (Å²) in [7, 11) is 1.94. The van der Waals surface area contributed by atoms with Gasteiger partial charge in [-0.05, 0) is 0 Å². The molecule has 1 saturated heterocycles. The Morgan fingerprint density at radius 2 is 2.11 bits per heavy atom. The number of hydrogen-bond acceptors (Lipinski definition) is 8. The number of fused-ring (bicyclic) bond motifs is 1. The van der Waals surface area contributed by atoms with Crippen molar-refractivity contribution in [2.24, 2.45) is 12.8 Å². The molecule has 4 heterocycles. The Kier molecular flexibility index (Phi) is 7.74. The first-order chi connectivity index (χ1) is 12.5. The molecule has 2 N–H and O–H groups in total. The van der Waals surface area contributed by atoms with Gasteiger partial charge >= 0.3 is 0 Å². The molecule has 0 saturated carbocycles. The van der Waals surface area contributed by atoms with Gasteiger partial charge in [0.1, 0.15) is 18.5 Å². The number of thiazole rings is 1. The summed E-state index contributed by atoms with van der Waals surface area (Å²) in [4.78, 5) is 30.0. The van der Waals surface area contributed by atoms with Crippen LogP contribution in [-0.4, -0.2) is 38.9 Å². The van der Waals surface area contributed by atoms with E-state index in [1.165, 1.54) is 39.8 Å². The van der Waals surface area contributed by atoms with E-state index in [1.807, 2.05) is 41.5 Å². The number of nitrogens with zero attached hydrogens (tertiary/aromatic N) is 3. The van der Waals surface area contributed by atoms with Crippen molar-refractivity contribution in [2.75, 3.05) is 5.75 Å². The largest absolute Gasteiger partial charge is 0.543 e. The number of carbonyl (C=O) groups excluding carboxylic acids is 2. The molecule has 2 aromatic rings. The number of aliphatic carboxylic acids is 1. The van der Waals surface area contributed by atoms with Crippen LogP contribution in [0.4, 0.5) is 0 Å². The maximum Gasteiger partial charge on any atom is 0.248 e. The molecule has 7 nitrogen and oxygen atoms in total. The van der Waals surface area contributed by atoms with E-state index in [-0.39, 0.29) is 57.1 Å². The maximum absolute atomic E-state index is 12.0. The number of hydrogen-bond donors (Lipinski definition) is 1. The second-order valence-corrected chi connectivity index (χ2v) is 9.15. The van der Waals surface area contributed by atoms with Gasteiger partial charge in [0.15, 0.2) is 16.7 Å². The fourth-order valence-electron chi connectivity index (χ4n) is 2.77. The number of β-lactam (4-membered cyclic amide) rings is 1. The SMILES string of the molecule is C[n+]1ccc(-c2csc(SC3=C(C(=O)[O-])N4C(=O)[C@@H](N)[C@H]4SC3)n2)cc1.[CH3+].[Y]. The molecule has 11 heteroatoms. The van der Waals surface area contributed by atoms with E-state index in [2.05, 4.69) is 4.98 Å². The Labute approximate surface area is 200 Å². The fraction of sp³-hybridized carbons (Fsp3) is 0.235. The summed E-state index contributed by atoms with van der Waals surface area (Å²) in [6.07, 6.45) is 3.88. The zero-order valence-corrected chi connectivity index (χ0v) is 20.5. The normalized spacial score (nSPS) is 20.6. The molecule has 0 aromatic carbocycles. The zero-order chi connectivity index (χ0) is 18.4. The molecule has 0 bridgehead atoms.